The maximum atomic E-state index is 5.42. The second-order valence-corrected chi connectivity index (χ2v) is 2.22. The molecule has 2 N–H and O–H groups in total. The molecule has 4 heteroatoms. The van der Waals surface area contributed by atoms with Gasteiger partial charge in [0.1, 0.15) is 0 Å². The predicted molar refractivity (Wildman–Crippen MR) is 48.2 cm³/mol. The lowest BCUT2D eigenvalue weighted by Gasteiger charge is -2.15. The van der Waals surface area contributed by atoms with Gasteiger partial charge in [0.05, 0.1) is 22.9 Å². The van der Waals surface area contributed by atoms with Gasteiger partial charge in [-0.3, -0.25) is 0 Å². The number of nitrogens with zero attached hydrogens (tertiary/aromatic N) is 2. The molecule has 0 heterocycles. The molecule has 0 bridgehead atoms. The molecule has 3 nitrogen and oxygen atoms in total. The minimum Gasteiger partial charge on any atom is -0.369 e. The van der Waals surface area contributed by atoms with Crippen molar-refractivity contribution in [2.24, 2.45) is 8.94 Å². The highest BCUT2D eigenvalue weighted by Crippen LogP contribution is 1.96. The molecule has 0 aliphatic heterocycles. The molecule has 0 radical (unpaired) electrons. The summed E-state index contributed by atoms with van der Waals surface area (Å²) in [6.45, 7) is 5.56. The number of hydrogen-bond acceptors (Lipinski definition) is 1. The smallest absolute Gasteiger partial charge is 0.205 e. The largest absolute Gasteiger partial charge is 0.369 e. The molecule has 0 aromatic heterocycles. The summed E-state index contributed by atoms with van der Waals surface area (Å²) < 4.78 is 3.74. The van der Waals surface area contributed by atoms with Crippen LogP contribution in [0.5, 0.6) is 0 Å². The van der Waals surface area contributed by atoms with Crippen LogP contribution in [-0.2, 0) is 0 Å². The van der Waals surface area contributed by atoms with Gasteiger partial charge in [0.25, 0.3) is 0 Å². The number of guanidine groups is 1. The fraction of sp³-hybridized carbons (Fsp3) is 0.400. The van der Waals surface area contributed by atoms with Crippen molar-refractivity contribution in [1.29, 1.82) is 0 Å². The second-order valence-electron chi connectivity index (χ2n) is 1.74. The van der Waals surface area contributed by atoms with E-state index in [0.717, 1.165) is 5.70 Å². The predicted octanol–water partition coefficient (Wildman–Crippen LogP) is 1.12. The molecule has 0 amide bonds. The van der Waals surface area contributed by atoms with E-state index in [4.69, 9.17) is 5.73 Å². The van der Waals surface area contributed by atoms with Crippen LogP contribution in [0.2, 0.25) is 0 Å². The van der Waals surface area contributed by atoms with Crippen LogP contribution in [-0.4, -0.2) is 17.9 Å². The molecule has 0 fully saturated rings. The highest BCUT2D eigenvalue weighted by atomic mass is 127. The lowest BCUT2D eigenvalue weighted by Crippen LogP contribution is -2.31. The maximum absolute atomic E-state index is 5.42. The molecule has 0 rings (SSSR count). The molecule has 0 saturated carbocycles. The number of hydrogen-bond donors (Lipinski definition) is 1. The van der Waals surface area contributed by atoms with E-state index >= 15 is 0 Å². The summed E-state index contributed by atoms with van der Waals surface area (Å²) in [5.41, 5.74) is 6.31. The van der Waals surface area contributed by atoms with Crippen LogP contribution in [0, 0.1) is 0 Å². The Bertz CT molecular complexity index is 141. The van der Waals surface area contributed by atoms with Crippen molar-refractivity contribution in [2.45, 2.75) is 6.92 Å². The first-order valence-corrected chi connectivity index (χ1v) is 3.39. The molecule has 0 aromatic carbocycles. The lowest BCUT2D eigenvalue weighted by molar-refractivity contribution is 0.625. The fourth-order valence-electron chi connectivity index (χ4n) is 0.252. The third-order valence-electron chi connectivity index (χ3n) is 1.00. The van der Waals surface area contributed by atoms with Crippen molar-refractivity contribution in [3.8, 4) is 0 Å². The number of nitrogens with two attached hydrogens (primary N) is 1. The van der Waals surface area contributed by atoms with Crippen molar-refractivity contribution in [3.05, 3.63) is 12.3 Å². The molecule has 0 spiro atoms. The summed E-state index contributed by atoms with van der Waals surface area (Å²) in [6.07, 6.45) is 0. The Kier molecular flexibility index (Phi) is 3.60. The Morgan fingerprint density at radius 2 is 2.22 bits per heavy atom. The van der Waals surface area contributed by atoms with E-state index in [1.54, 1.807) is 4.90 Å². The minimum absolute atomic E-state index is 0.475. The average Bonchev–Trinajstić information content (AvgIpc) is 1.84. The first-order chi connectivity index (χ1) is 4.09. The van der Waals surface area contributed by atoms with E-state index in [2.05, 4.69) is 9.78 Å². The van der Waals surface area contributed by atoms with E-state index in [1.165, 1.54) is 0 Å². The average molecular weight is 239 g/mol. The lowest BCUT2D eigenvalue weighted by atomic mass is 10.5. The molecular formula is C5H10IN3. The van der Waals surface area contributed by atoms with Crippen molar-refractivity contribution < 1.29 is 0 Å². The first kappa shape index (κ1) is 8.74. The standard InChI is InChI=1S/C5H10IN3/c1-4(2)9(3)5(7)8-6/h1H2,2-3H3,(H2,7,8). The van der Waals surface area contributed by atoms with Gasteiger partial charge in [-0.05, 0) is 6.92 Å². The van der Waals surface area contributed by atoms with Crippen LogP contribution in [0.3, 0.4) is 0 Å². The Balaban J connectivity index is 4.04. The molecule has 0 atom stereocenters. The van der Waals surface area contributed by atoms with Gasteiger partial charge in [0.15, 0.2) is 0 Å². The van der Waals surface area contributed by atoms with E-state index < -0.39 is 0 Å². The first-order valence-electron chi connectivity index (χ1n) is 2.43. The Hall–Kier alpha value is -0.260. The van der Waals surface area contributed by atoms with Crippen molar-refractivity contribution >= 4 is 28.8 Å². The molecule has 0 aromatic rings. The molecule has 52 valence electrons. The normalized spacial score (nSPS) is 11.2. The van der Waals surface area contributed by atoms with Gasteiger partial charge < -0.3 is 10.6 Å². The van der Waals surface area contributed by atoms with Crippen molar-refractivity contribution in [3.63, 3.8) is 0 Å². The van der Waals surface area contributed by atoms with Crippen molar-refractivity contribution in [1.82, 2.24) is 4.90 Å². The van der Waals surface area contributed by atoms with Crippen LogP contribution in [0.4, 0.5) is 0 Å². The zero-order chi connectivity index (χ0) is 7.44. The fourth-order valence-corrected chi connectivity index (χ4v) is 0.576. The highest BCUT2D eigenvalue weighted by molar-refractivity contribution is 14.1. The number of rotatable bonds is 1. The second kappa shape index (κ2) is 3.71. The molecule has 0 saturated heterocycles. The van der Waals surface area contributed by atoms with Crippen LogP contribution >= 0.6 is 22.9 Å². The van der Waals surface area contributed by atoms with E-state index in [0.29, 0.717) is 5.96 Å². The molecule has 9 heavy (non-hydrogen) atoms. The van der Waals surface area contributed by atoms with Gasteiger partial charge in [-0.15, -0.1) is 0 Å². The van der Waals surface area contributed by atoms with E-state index in [1.807, 2.05) is 36.8 Å². The van der Waals surface area contributed by atoms with Gasteiger partial charge in [0, 0.05) is 12.7 Å². The summed E-state index contributed by atoms with van der Waals surface area (Å²) in [5, 5.41) is 0. The third kappa shape index (κ3) is 2.69. The summed E-state index contributed by atoms with van der Waals surface area (Å²) >= 11 is 1.84. The monoisotopic (exact) mass is 239 g/mol. The van der Waals surface area contributed by atoms with Gasteiger partial charge >= 0.3 is 0 Å². The van der Waals surface area contributed by atoms with Gasteiger partial charge in [-0.1, -0.05) is 6.58 Å². The summed E-state index contributed by atoms with van der Waals surface area (Å²) in [4.78, 5) is 1.71. The summed E-state index contributed by atoms with van der Waals surface area (Å²) in [7, 11) is 1.82. The Morgan fingerprint density at radius 1 is 1.78 bits per heavy atom. The zero-order valence-corrected chi connectivity index (χ0v) is 7.71. The number of allylic oxidation sites excluding steroid dienone is 1. The summed E-state index contributed by atoms with van der Waals surface area (Å²) in [6, 6.07) is 0. The number of halogens is 1. The maximum Gasteiger partial charge on any atom is 0.205 e. The Morgan fingerprint density at radius 3 is 2.33 bits per heavy atom. The van der Waals surface area contributed by atoms with Gasteiger partial charge in [-0.25, -0.2) is 0 Å². The zero-order valence-electron chi connectivity index (χ0n) is 5.56. The quantitative estimate of drug-likeness (QED) is 0.423. The topological polar surface area (TPSA) is 41.6 Å². The van der Waals surface area contributed by atoms with Gasteiger partial charge in [-0.2, -0.15) is 3.21 Å². The van der Waals surface area contributed by atoms with Crippen LogP contribution in [0.1, 0.15) is 6.92 Å². The third-order valence-corrected chi connectivity index (χ3v) is 1.50. The van der Waals surface area contributed by atoms with Gasteiger partial charge in [0.2, 0.25) is 5.96 Å². The molecular weight excluding hydrogens is 229 g/mol. The van der Waals surface area contributed by atoms with Crippen molar-refractivity contribution in [2.75, 3.05) is 7.05 Å². The SMILES string of the molecule is C=C(C)N(C)/C(N)=N\I. The molecule has 0 aliphatic rings. The van der Waals surface area contributed by atoms with E-state index in [-0.39, 0.29) is 0 Å². The van der Waals surface area contributed by atoms with Crippen LogP contribution < -0.4 is 5.73 Å². The summed E-state index contributed by atoms with van der Waals surface area (Å²) in [5.74, 6) is 0.475. The molecule has 0 unspecified atom stereocenters. The molecule has 0 aliphatic carbocycles. The minimum atomic E-state index is 0.475. The van der Waals surface area contributed by atoms with Crippen LogP contribution in [0.25, 0.3) is 0 Å². The van der Waals surface area contributed by atoms with Crippen LogP contribution in [0.15, 0.2) is 15.5 Å². The van der Waals surface area contributed by atoms with E-state index in [9.17, 15) is 0 Å². The Labute approximate surface area is 69.1 Å². The highest BCUT2D eigenvalue weighted by Gasteiger charge is 1.98.